The molecule has 0 aliphatic carbocycles. The number of hydrogen-bond donors (Lipinski definition) is 0. The number of pyridine rings is 1. The van der Waals surface area contributed by atoms with Crippen LogP contribution in [0.5, 0.6) is 11.5 Å². The van der Waals surface area contributed by atoms with Gasteiger partial charge in [0.25, 0.3) is 5.91 Å². The molecule has 4 rings (SSSR count). The van der Waals surface area contributed by atoms with Crippen LogP contribution < -0.4 is 14.4 Å². The number of hydrogen-bond acceptors (Lipinski definition) is 5. The Hall–Kier alpha value is -2.76. The topological polar surface area (TPSA) is 54.9 Å². The van der Waals surface area contributed by atoms with E-state index >= 15 is 0 Å². The van der Waals surface area contributed by atoms with Gasteiger partial charge in [-0.3, -0.25) is 4.79 Å². The van der Waals surface area contributed by atoms with E-state index in [0.717, 1.165) is 62.8 Å². The molecule has 6 nitrogen and oxygen atoms in total. The lowest BCUT2D eigenvalue weighted by Crippen LogP contribution is -2.31. The summed E-state index contributed by atoms with van der Waals surface area (Å²) in [5, 5.41) is 0. The summed E-state index contributed by atoms with van der Waals surface area (Å²) in [6, 6.07) is 7.96. The van der Waals surface area contributed by atoms with Gasteiger partial charge in [0, 0.05) is 32.4 Å². The Morgan fingerprint density at radius 1 is 1.00 bits per heavy atom. The third-order valence-electron chi connectivity index (χ3n) is 5.43. The van der Waals surface area contributed by atoms with Gasteiger partial charge in [0.1, 0.15) is 5.82 Å². The molecule has 0 N–H and O–H groups in total. The van der Waals surface area contributed by atoms with Crippen molar-refractivity contribution in [1.82, 2.24) is 9.88 Å². The maximum Gasteiger partial charge on any atom is 0.255 e. The number of fused-ring (bicyclic) bond motifs is 1. The van der Waals surface area contributed by atoms with E-state index in [0.29, 0.717) is 5.56 Å². The summed E-state index contributed by atoms with van der Waals surface area (Å²) in [5.41, 5.74) is 3.17. The summed E-state index contributed by atoms with van der Waals surface area (Å²) in [4.78, 5) is 21.2. The molecule has 1 saturated heterocycles. The normalized spacial score (nSPS) is 16.2. The average Bonchev–Trinajstić information content (AvgIpc) is 3.26. The van der Waals surface area contributed by atoms with E-state index in [1.807, 2.05) is 23.1 Å². The van der Waals surface area contributed by atoms with Gasteiger partial charge in [-0.15, -0.1) is 0 Å². The molecule has 1 aromatic heterocycles. The molecule has 1 aromatic carbocycles. The number of carbonyl (C=O) groups excluding carboxylic acids is 1. The second-order valence-corrected chi connectivity index (χ2v) is 7.05. The zero-order valence-electron chi connectivity index (χ0n) is 15.9. The van der Waals surface area contributed by atoms with Gasteiger partial charge < -0.3 is 19.3 Å². The Labute approximate surface area is 159 Å². The predicted octanol–water partition coefficient (Wildman–Crippen LogP) is 2.90. The molecule has 0 saturated carbocycles. The second kappa shape index (κ2) is 7.47. The standard InChI is InChI=1S/C21H25N3O3/c1-26-18-11-15-7-10-24(14-17(15)12-19(18)27-2)20-6-5-16(13-22-20)21(25)23-8-3-4-9-23/h5-6,11-13H,3-4,7-10,14H2,1-2H3. The van der Waals surface area contributed by atoms with Gasteiger partial charge >= 0.3 is 0 Å². The minimum Gasteiger partial charge on any atom is -0.493 e. The number of likely N-dealkylation sites (tertiary alicyclic amines) is 1. The smallest absolute Gasteiger partial charge is 0.255 e. The minimum absolute atomic E-state index is 0.0902. The largest absolute Gasteiger partial charge is 0.493 e. The van der Waals surface area contributed by atoms with E-state index < -0.39 is 0 Å². The average molecular weight is 367 g/mol. The molecule has 1 amide bonds. The molecule has 0 bridgehead atoms. The first kappa shape index (κ1) is 17.6. The lowest BCUT2D eigenvalue weighted by Gasteiger charge is -2.30. The van der Waals surface area contributed by atoms with Crippen molar-refractivity contribution in [3.8, 4) is 11.5 Å². The van der Waals surface area contributed by atoms with Gasteiger partial charge in [0.15, 0.2) is 11.5 Å². The van der Waals surface area contributed by atoms with E-state index in [4.69, 9.17) is 9.47 Å². The van der Waals surface area contributed by atoms with Crippen LogP contribution in [0.4, 0.5) is 5.82 Å². The van der Waals surface area contributed by atoms with Crippen LogP contribution in [-0.4, -0.2) is 49.6 Å². The molecular weight excluding hydrogens is 342 g/mol. The van der Waals surface area contributed by atoms with E-state index in [9.17, 15) is 4.79 Å². The van der Waals surface area contributed by atoms with E-state index in [1.54, 1.807) is 20.4 Å². The van der Waals surface area contributed by atoms with E-state index in [-0.39, 0.29) is 5.91 Å². The highest BCUT2D eigenvalue weighted by molar-refractivity contribution is 5.94. The van der Waals surface area contributed by atoms with Gasteiger partial charge in [0.2, 0.25) is 0 Å². The van der Waals surface area contributed by atoms with Crippen LogP contribution in [0.2, 0.25) is 0 Å². The molecule has 3 heterocycles. The van der Waals surface area contributed by atoms with Crippen molar-refractivity contribution < 1.29 is 14.3 Å². The Morgan fingerprint density at radius 3 is 2.33 bits per heavy atom. The number of anilines is 1. The highest BCUT2D eigenvalue weighted by atomic mass is 16.5. The first-order valence-electron chi connectivity index (χ1n) is 9.43. The van der Waals surface area contributed by atoms with Crippen molar-refractivity contribution in [2.24, 2.45) is 0 Å². The van der Waals surface area contributed by atoms with Gasteiger partial charge in [-0.25, -0.2) is 4.98 Å². The number of benzene rings is 1. The van der Waals surface area contributed by atoms with Gasteiger partial charge in [-0.05, 0) is 54.7 Å². The molecule has 2 aromatic rings. The van der Waals surface area contributed by atoms with Crippen molar-refractivity contribution >= 4 is 11.7 Å². The number of rotatable bonds is 4. The number of aromatic nitrogens is 1. The highest BCUT2D eigenvalue weighted by Gasteiger charge is 2.22. The highest BCUT2D eigenvalue weighted by Crippen LogP contribution is 2.34. The fourth-order valence-electron chi connectivity index (χ4n) is 3.88. The van der Waals surface area contributed by atoms with Crippen molar-refractivity contribution in [3.05, 3.63) is 47.2 Å². The van der Waals surface area contributed by atoms with Gasteiger partial charge in [-0.1, -0.05) is 0 Å². The summed E-state index contributed by atoms with van der Waals surface area (Å²) >= 11 is 0. The summed E-state index contributed by atoms with van der Waals surface area (Å²) < 4.78 is 10.8. The lowest BCUT2D eigenvalue weighted by molar-refractivity contribution is 0.0792. The Bertz CT molecular complexity index is 829. The predicted molar refractivity (Wildman–Crippen MR) is 104 cm³/mol. The Morgan fingerprint density at radius 2 is 1.70 bits per heavy atom. The lowest BCUT2D eigenvalue weighted by atomic mass is 9.98. The Balaban J connectivity index is 1.51. The molecule has 1 fully saturated rings. The Kier molecular flexibility index (Phi) is 4.88. The summed E-state index contributed by atoms with van der Waals surface area (Å²) in [6.45, 7) is 3.36. The quantitative estimate of drug-likeness (QED) is 0.832. The maximum absolute atomic E-state index is 12.5. The first-order chi connectivity index (χ1) is 13.2. The van der Waals surface area contributed by atoms with E-state index in [1.165, 1.54) is 11.1 Å². The zero-order chi connectivity index (χ0) is 18.8. The van der Waals surface area contributed by atoms with Crippen LogP contribution in [0.15, 0.2) is 30.5 Å². The molecule has 0 radical (unpaired) electrons. The maximum atomic E-state index is 12.5. The minimum atomic E-state index is 0.0902. The number of methoxy groups -OCH3 is 2. The zero-order valence-corrected chi connectivity index (χ0v) is 15.9. The first-order valence-corrected chi connectivity index (χ1v) is 9.43. The van der Waals surface area contributed by atoms with Crippen molar-refractivity contribution in [1.29, 1.82) is 0 Å². The molecule has 0 atom stereocenters. The molecule has 2 aliphatic rings. The molecule has 142 valence electrons. The molecule has 27 heavy (non-hydrogen) atoms. The number of nitrogens with zero attached hydrogens (tertiary/aromatic N) is 3. The van der Waals surface area contributed by atoms with Crippen molar-refractivity contribution in [2.75, 3.05) is 38.8 Å². The summed E-state index contributed by atoms with van der Waals surface area (Å²) in [6.07, 6.45) is 4.82. The van der Waals surface area contributed by atoms with Crippen LogP contribution >= 0.6 is 0 Å². The molecular formula is C21H25N3O3. The molecule has 6 heteroatoms. The van der Waals surface area contributed by atoms with Gasteiger partial charge in [-0.2, -0.15) is 0 Å². The third-order valence-corrected chi connectivity index (χ3v) is 5.43. The SMILES string of the molecule is COc1cc2c(cc1OC)CN(c1ccc(C(=O)N3CCCC3)cn1)CC2. The molecule has 0 unspecified atom stereocenters. The molecule has 2 aliphatic heterocycles. The number of ether oxygens (including phenoxy) is 2. The fraction of sp³-hybridized carbons (Fsp3) is 0.429. The fourth-order valence-corrected chi connectivity index (χ4v) is 3.88. The van der Waals surface area contributed by atoms with Crippen LogP contribution in [0.1, 0.15) is 34.3 Å². The summed E-state index contributed by atoms with van der Waals surface area (Å²) in [7, 11) is 3.32. The third kappa shape index (κ3) is 3.44. The van der Waals surface area contributed by atoms with Crippen molar-refractivity contribution in [3.63, 3.8) is 0 Å². The van der Waals surface area contributed by atoms with E-state index in [2.05, 4.69) is 16.0 Å². The number of carbonyl (C=O) groups is 1. The monoisotopic (exact) mass is 367 g/mol. The number of amides is 1. The van der Waals surface area contributed by atoms with Crippen LogP contribution in [0.3, 0.4) is 0 Å². The summed E-state index contributed by atoms with van der Waals surface area (Å²) in [5.74, 6) is 2.51. The van der Waals surface area contributed by atoms with Crippen LogP contribution in [0, 0.1) is 0 Å². The second-order valence-electron chi connectivity index (χ2n) is 7.05. The van der Waals surface area contributed by atoms with Gasteiger partial charge in [0.05, 0.1) is 19.8 Å². The van der Waals surface area contributed by atoms with Crippen LogP contribution in [0.25, 0.3) is 0 Å². The van der Waals surface area contributed by atoms with Crippen LogP contribution in [-0.2, 0) is 13.0 Å². The molecule has 0 spiro atoms. The van der Waals surface area contributed by atoms with Crippen molar-refractivity contribution in [2.45, 2.75) is 25.8 Å².